The van der Waals surface area contributed by atoms with Gasteiger partial charge in [-0.25, -0.2) is 4.79 Å². The van der Waals surface area contributed by atoms with Crippen molar-refractivity contribution in [2.45, 2.75) is 0 Å². The Labute approximate surface area is 103 Å². The predicted molar refractivity (Wildman–Crippen MR) is 60.7 cm³/mol. The van der Waals surface area contributed by atoms with E-state index in [-0.39, 0.29) is 23.8 Å². The van der Waals surface area contributed by atoms with Gasteiger partial charge in [-0.1, -0.05) is 0 Å². The van der Waals surface area contributed by atoms with Crippen molar-refractivity contribution < 1.29 is 14.3 Å². The van der Waals surface area contributed by atoms with Gasteiger partial charge in [-0.2, -0.15) is 4.98 Å². The Balaban J connectivity index is 1.94. The number of amides is 2. The Bertz CT molecular complexity index is 451. The minimum absolute atomic E-state index is 0.0338. The summed E-state index contributed by atoms with van der Waals surface area (Å²) in [5, 5.41) is 6.06. The molecule has 2 rings (SSSR count). The van der Waals surface area contributed by atoms with Crippen LogP contribution in [0.1, 0.15) is 10.6 Å². The highest BCUT2D eigenvalue weighted by Crippen LogP contribution is 2.07. The van der Waals surface area contributed by atoms with Crippen LogP contribution < -0.4 is 5.73 Å². The third kappa shape index (κ3) is 2.34. The second kappa shape index (κ2) is 4.90. The van der Waals surface area contributed by atoms with Crippen molar-refractivity contribution in [1.82, 2.24) is 25.0 Å². The number of nitrogens with one attached hydrogen (secondary N) is 1. The number of methoxy groups -OCH3 is 1. The standard InChI is InChI=1S/C9H14N6O3/c1-18-9(17)15-4-2-14(3-5-15)7(16)6-11-8(10)13-12-6/h2-5H2,1H3,(H3,10,11,12,13). The van der Waals surface area contributed by atoms with E-state index in [4.69, 9.17) is 5.73 Å². The van der Waals surface area contributed by atoms with E-state index in [1.165, 1.54) is 7.11 Å². The molecule has 98 valence electrons. The van der Waals surface area contributed by atoms with Gasteiger partial charge in [-0.15, -0.1) is 5.10 Å². The fraction of sp³-hybridized carbons (Fsp3) is 0.556. The zero-order valence-electron chi connectivity index (χ0n) is 9.92. The van der Waals surface area contributed by atoms with Crippen molar-refractivity contribution >= 4 is 17.9 Å². The minimum Gasteiger partial charge on any atom is -0.453 e. The smallest absolute Gasteiger partial charge is 0.409 e. The third-order valence-corrected chi connectivity index (χ3v) is 2.70. The van der Waals surface area contributed by atoms with Crippen LogP contribution in [0, 0.1) is 0 Å². The Morgan fingerprint density at radius 2 is 1.89 bits per heavy atom. The molecule has 1 fully saturated rings. The molecule has 0 radical (unpaired) electrons. The Kier molecular flexibility index (Phi) is 3.31. The van der Waals surface area contributed by atoms with E-state index in [0.717, 1.165) is 0 Å². The van der Waals surface area contributed by atoms with Crippen LogP contribution in [-0.2, 0) is 4.74 Å². The summed E-state index contributed by atoms with van der Waals surface area (Å²) in [6.45, 7) is 1.72. The molecule has 0 aliphatic carbocycles. The molecular weight excluding hydrogens is 240 g/mol. The summed E-state index contributed by atoms with van der Waals surface area (Å²) in [5.41, 5.74) is 5.33. The molecule has 9 nitrogen and oxygen atoms in total. The molecule has 3 N–H and O–H groups in total. The number of anilines is 1. The number of ether oxygens (including phenoxy) is 1. The average molecular weight is 254 g/mol. The van der Waals surface area contributed by atoms with Crippen molar-refractivity contribution in [2.24, 2.45) is 0 Å². The second-order valence-corrected chi connectivity index (χ2v) is 3.79. The van der Waals surface area contributed by atoms with Crippen LogP contribution in [0.5, 0.6) is 0 Å². The number of hydrogen-bond donors (Lipinski definition) is 2. The Morgan fingerprint density at radius 1 is 1.28 bits per heavy atom. The zero-order chi connectivity index (χ0) is 13.1. The molecule has 0 spiro atoms. The molecule has 2 amide bonds. The maximum atomic E-state index is 12.0. The number of piperazine rings is 1. The minimum atomic E-state index is -0.383. The number of rotatable bonds is 1. The van der Waals surface area contributed by atoms with Crippen LogP contribution >= 0.6 is 0 Å². The van der Waals surface area contributed by atoms with Gasteiger partial charge in [-0.05, 0) is 0 Å². The van der Waals surface area contributed by atoms with Gasteiger partial charge in [0.15, 0.2) is 0 Å². The maximum Gasteiger partial charge on any atom is 0.409 e. The molecule has 0 unspecified atom stereocenters. The summed E-state index contributed by atoms with van der Waals surface area (Å²) >= 11 is 0. The number of aromatic nitrogens is 3. The molecule has 1 aromatic rings. The maximum absolute atomic E-state index is 12.0. The number of nitrogens with zero attached hydrogens (tertiary/aromatic N) is 4. The average Bonchev–Trinajstić information content (AvgIpc) is 2.84. The van der Waals surface area contributed by atoms with E-state index >= 15 is 0 Å². The lowest BCUT2D eigenvalue weighted by Gasteiger charge is -2.33. The molecule has 18 heavy (non-hydrogen) atoms. The van der Waals surface area contributed by atoms with Gasteiger partial charge >= 0.3 is 6.09 Å². The predicted octanol–water partition coefficient (Wildman–Crippen LogP) is -1.09. The van der Waals surface area contributed by atoms with Gasteiger partial charge in [0.05, 0.1) is 7.11 Å². The van der Waals surface area contributed by atoms with Crippen LogP contribution in [0.3, 0.4) is 0 Å². The Hall–Kier alpha value is -2.32. The van der Waals surface area contributed by atoms with Crippen LogP contribution in [0.15, 0.2) is 0 Å². The van der Waals surface area contributed by atoms with Crippen LogP contribution in [0.4, 0.5) is 10.7 Å². The van der Waals surface area contributed by atoms with E-state index in [2.05, 4.69) is 19.9 Å². The summed E-state index contributed by atoms with van der Waals surface area (Å²) in [6, 6.07) is 0. The summed E-state index contributed by atoms with van der Waals surface area (Å²) in [4.78, 5) is 30.1. The summed E-state index contributed by atoms with van der Waals surface area (Å²) in [5.74, 6) is -0.130. The molecule has 9 heteroatoms. The zero-order valence-corrected chi connectivity index (χ0v) is 9.92. The van der Waals surface area contributed by atoms with E-state index < -0.39 is 0 Å². The van der Waals surface area contributed by atoms with Crippen LogP contribution in [-0.4, -0.2) is 70.3 Å². The SMILES string of the molecule is COC(=O)N1CCN(C(=O)c2nc(N)n[nH]2)CC1. The summed E-state index contributed by atoms with van der Waals surface area (Å²) < 4.78 is 4.61. The van der Waals surface area contributed by atoms with Crippen molar-refractivity contribution in [3.05, 3.63) is 5.82 Å². The molecule has 0 bridgehead atoms. The second-order valence-electron chi connectivity index (χ2n) is 3.79. The van der Waals surface area contributed by atoms with Gasteiger partial charge in [-0.3, -0.25) is 9.89 Å². The first kappa shape index (κ1) is 12.1. The number of hydrogen-bond acceptors (Lipinski definition) is 6. The van der Waals surface area contributed by atoms with Gasteiger partial charge in [0.2, 0.25) is 11.8 Å². The highest BCUT2D eigenvalue weighted by Gasteiger charge is 2.26. The molecule has 2 heterocycles. The summed E-state index contributed by atoms with van der Waals surface area (Å²) in [6.07, 6.45) is -0.383. The lowest BCUT2D eigenvalue weighted by Crippen LogP contribution is -2.50. The number of H-pyrrole nitrogens is 1. The number of nitrogens with two attached hydrogens (primary N) is 1. The molecule has 0 atom stereocenters. The third-order valence-electron chi connectivity index (χ3n) is 2.70. The molecule has 1 saturated heterocycles. The number of nitrogen functional groups attached to an aromatic ring is 1. The molecule has 1 aromatic heterocycles. The highest BCUT2D eigenvalue weighted by molar-refractivity contribution is 5.90. The number of aromatic amines is 1. The highest BCUT2D eigenvalue weighted by atomic mass is 16.5. The van der Waals surface area contributed by atoms with Gasteiger partial charge in [0, 0.05) is 26.2 Å². The van der Waals surface area contributed by atoms with Crippen molar-refractivity contribution in [3.8, 4) is 0 Å². The largest absolute Gasteiger partial charge is 0.453 e. The quantitative estimate of drug-likeness (QED) is 0.657. The van der Waals surface area contributed by atoms with E-state index in [9.17, 15) is 9.59 Å². The van der Waals surface area contributed by atoms with E-state index in [0.29, 0.717) is 26.2 Å². The van der Waals surface area contributed by atoms with Crippen molar-refractivity contribution in [2.75, 3.05) is 39.0 Å². The number of carbonyl (C=O) groups is 2. The van der Waals surface area contributed by atoms with Gasteiger partial charge in [0.25, 0.3) is 5.91 Å². The first-order valence-electron chi connectivity index (χ1n) is 5.42. The molecule has 1 aliphatic heterocycles. The van der Waals surface area contributed by atoms with Crippen molar-refractivity contribution in [3.63, 3.8) is 0 Å². The number of carbonyl (C=O) groups excluding carboxylic acids is 2. The first-order valence-corrected chi connectivity index (χ1v) is 5.42. The normalized spacial score (nSPS) is 15.6. The summed E-state index contributed by atoms with van der Waals surface area (Å²) in [7, 11) is 1.33. The van der Waals surface area contributed by atoms with Crippen molar-refractivity contribution in [1.29, 1.82) is 0 Å². The molecule has 0 aromatic carbocycles. The lowest BCUT2D eigenvalue weighted by molar-refractivity contribution is 0.0590. The fourth-order valence-corrected chi connectivity index (χ4v) is 1.74. The fourth-order valence-electron chi connectivity index (χ4n) is 1.74. The van der Waals surface area contributed by atoms with E-state index in [1.807, 2.05) is 0 Å². The Morgan fingerprint density at radius 3 is 2.39 bits per heavy atom. The van der Waals surface area contributed by atoms with Crippen LogP contribution in [0.2, 0.25) is 0 Å². The van der Waals surface area contributed by atoms with E-state index in [1.54, 1.807) is 9.80 Å². The lowest BCUT2D eigenvalue weighted by atomic mass is 10.3. The first-order chi connectivity index (χ1) is 8.61. The molecular formula is C9H14N6O3. The van der Waals surface area contributed by atoms with Gasteiger partial charge < -0.3 is 20.3 Å². The molecule has 0 saturated carbocycles. The molecule has 1 aliphatic rings. The monoisotopic (exact) mass is 254 g/mol. The topological polar surface area (TPSA) is 117 Å². The van der Waals surface area contributed by atoms with Gasteiger partial charge in [0.1, 0.15) is 0 Å². The van der Waals surface area contributed by atoms with Crippen LogP contribution in [0.25, 0.3) is 0 Å².